The van der Waals surface area contributed by atoms with Crippen molar-refractivity contribution in [1.82, 2.24) is 26.2 Å². The van der Waals surface area contributed by atoms with Gasteiger partial charge in [-0.25, -0.2) is 0 Å². The largest absolute Gasteiger partial charge is 0.370 e. The lowest BCUT2D eigenvalue weighted by molar-refractivity contribution is -0.142. The summed E-state index contributed by atoms with van der Waals surface area (Å²) in [5.41, 5.74) is 27.9. The number of fused-ring (bicyclic) bond motifs is 1. The van der Waals surface area contributed by atoms with Crippen LogP contribution in [0.2, 0.25) is 0 Å². The van der Waals surface area contributed by atoms with Gasteiger partial charge in [0.2, 0.25) is 29.5 Å². The smallest absolute Gasteiger partial charge is 0.245 e. The molecule has 0 aromatic heterocycles. The van der Waals surface area contributed by atoms with Crippen molar-refractivity contribution in [2.45, 2.75) is 114 Å². The highest BCUT2D eigenvalue weighted by Crippen LogP contribution is 2.21. The molecule has 2 aliphatic heterocycles. The standard InChI is InChI=1S/C29H55N11O5/c30-14-4-1-9-19-24(41)37-20(10-2-5-15-31)26(43)39-22(12-7-17-35-29(33)34)28(45)40-18-8-13-23(40)27(44)38-21(25(42)36-19)11-3-6-16-32/h19-23H,1-18,30-32H2,(H,36,42)(H,37,41)(H,38,44)(H,39,43)(H4,33,34,35)/t19-,20-,21-,22-,23+/m0/s1. The van der Waals surface area contributed by atoms with Crippen molar-refractivity contribution in [3.05, 3.63) is 0 Å². The molecule has 5 atom stereocenters. The van der Waals surface area contributed by atoms with Gasteiger partial charge in [-0.1, -0.05) is 0 Å². The quantitative estimate of drug-likeness (QED) is 0.0482. The zero-order chi connectivity index (χ0) is 33.2. The molecule has 256 valence electrons. The van der Waals surface area contributed by atoms with E-state index in [4.69, 9.17) is 28.7 Å². The second-order valence-corrected chi connectivity index (χ2v) is 11.7. The van der Waals surface area contributed by atoms with E-state index in [0.717, 1.165) is 0 Å². The number of amides is 5. The molecule has 0 saturated carbocycles. The normalized spacial score (nSPS) is 24.9. The molecule has 2 fully saturated rings. The van der Waals surface area contributed by atoms with Crippen LogP contribution in [0, 0.1) is 0 Å². The minimum absolute atomic E-state index is 0.0865. The first kappa shape index (κ1) is 37.7. The highest BCUT2D eigenvalue weighted by Gasteiger charge is 2.40. The number of nitrogens with zero attached hydrogens (tertiary/aromatic N) is 2. The molecule has 0 aromatic rings. The summed E-state index contributed by atoms with van der Waals surface area (Å²) in [6, 6.07) is -4.69. The van der Waals surface area contributed by atoms with Crippen LogP contribution in [-0.2, 0) is 24.0 Å². The highest BCUT2D eigenvalue weighted by molar-refractivity contribution is 5.98. The maximum atomic E-state index is 13.9. The molecule has 0 spiro atoms. The number of guanidine groups is 1. The number of nitrogens with one attached hydrogen (secondary N) is 4. The van der Waals surface area contributed by atoms with Crippen molar-refractivity contribution in [1.29, 1.82) is 0 Å². The van der Waals surface area contributed by atoms with Gasteiger partial charge in [-0.2, -0.15) is 0 Å². The third kappa shape index (κ3) is 12.8. The molecule has 5 amide bonds. The van der Waals surface area contributed by atoms with Crippen LogP contribution in [-0.4, -0.2) is 103 Å². The van der Waals surface area contributed by atoms with E-state index in [-0.39, 0.29) is 31.8 Å². The van der Waals surface area contributed by atoms with E-state index in [9.17, 15) is 24.0 Å². The fourth-order valence-electron chi connectivity index (χ4n) is 5.63. The number of carbonyl (C=O) groups is 5. The van der Waals surface area contributed by atoms with Gasteiger partial charge in [-0.3, -0.25) is 29.0 Å². The van der Waals surface area contributed by atoms with E-state index in [0.29, 0.717) is 90.4 Å². The number of aliphatic imine (C=N–C) groups is 1. The number of rotatable bonds is 16. The summed E-state index contributed by atoms with van der Waals surface area (Å²) < 4.78 is 0. The van der Waals surface area contributed by atoms with Crippen LogP contribution in [0.1, 0.15) is 83.5 Å². The van der Waals surface area contributed by atoms with E-state index in [1.807, 2.05) is 0 Å². The Morgan fingerprint density at radius 2 is 1.04 bits per heavy atom. The molecule has 16 nitrogen and oxygen atoms in total. The predicted octanol–water partition coefficient (Wildman–Crippen LogP) is -2.63. The molecule has 0 aliphatic carbocycles. The summed E-state index contributed by atoms with van der Waals surface area (Å²) in [5, 5.41) is 11.3. The Morgan fingerprint density at radius 3 is 1.49 bits per heavy atom. The zero-order valence-electron chi connectivity index (χ0n) is 26.4. The van der Waals surface area contributed by atoms with Crippen molar-refractivity contribution >= 4 is 35.5 Å². The first-order chi connectivity index (χ1) is 21.6. The van der Waals surface area contributed by atoms with Crippen LogP contribution >= 0.6 is 0 Å². The molecule has 0 radical (unpaired) electrons. The first-order valence-electron chi connectivity index (χ1n) is 16.3. The summed E-state index contributed by atoms with van der Waals surface area (Å²) in [6.45, 7) is 1.82. The van der Waals surface area contributed by atoms with Gasteiger partial charge in [0.15, 0.2) is 5.96 Å². The maximum Gasteiger partial charge on any atom is 0.245 e. The molecule has 2 heterocycles. The Kier molecular flexibility index (Phi) is 17.2. The Labute approximate surface area is 265 Å². The van der Waals surface area contributed by atoms with E-state index in [1.165, 1.54) is 4.90 Å². The summed E-state index contributed by atoms with van der Waals surface area (Å²) in [6.07, 6.45) is 6.07. The average molecular weight is 638 g/mol. The number of unbranched alkanes of at least 4 members (excludes halogenated alkanes) is 3. The molecule has 2 aliphatic rings. The molecule has 2 saturated heterocycles. The number of carbonyl (C=O) groups excluding carboxylic acids is 5. The van der Waals surface area contributed by atoms with Crippen molar-refractivity contribution in [2.24, 2.45) is 33.7 Å². The van der Waals surface area contributed by atoms with Crippen molar-refractivity contribution in [3.8, 4) is 0 Å². The van der Waals surface area contributed by atoms with E-state index >= 15 is 0 Å². The van der Waals surface area contributed by atoms with Gasteiger partial charge >= 0.3 is 0 Å². The molecule has 2 rings (SSSR count). The minimum Gasteiger partial charge on any atom is -0.370 e. The van der Waals surface area contributed by atoms with Crippen LogP contribution in [0.4, 0.5) is 0 Å². The summed E-state index contributed by atoms with van der Waals surface area (Å²) in [5.74, 6) is -2.56. The molecular formula is C29H55N11O5. The van der Waals surface area contributed by atoms with Crippen molar-refractivity contribution < 1.29 is 24.0 Å². The lowest BCUT2D eigenvalue weighted by Gasteiger charge is -2.30. The van der Waals surface area contributed by atoms with Gasteiger partial charge in [-0.05, 0) is 103 Å². The fourth-order valence-corrected chi connectivity index (χ4v) is 5.63. The van der Waals surface area contributed by atoms with Gasteiger partial charge in [0.05, 0.1) is 0 Å². The molecule has 14 N–H and O–H groups in total. The van der Waals surface area contributed by atoms with E-state index in [2.05, 4.69) is 26.3 Å². The molecule has 0 bridgehead atoms. The van der Waals surface area contributed by atoms with Crippen molar-refractivity contribution in [2.75, 3.05) is 32.7 Å². The maximum absolute atomic E-state index is 13.9. The van der Waals surface area contributed by atoms with E-state index in [1.54, 1.807) is 0 Å². The number of nitrogens with two attached hydrogens (primary N) is 5. The first-order valence-corrected chi connectivity index (χ1v) is 16.3. The highest BCUT2D eigenvalue weighted by atomic mass is 16.2. The Bertz CT molecular complexity index is 1010. The Hall–Kier alpha value is -3.50. The second kappa shape index (κ2) is 20.5. The van der Waals surface area contributed by atoms with Crippen LogP contribution in [0.15, 0.2) is 4.99 Å². The summed E-state index contributed by atoms with van der Waals surface area (Å²) in [4.78, 5) is 73.8. The van der Waals surface area contributed by atoms with Crippen LogP contribution in [0.3, 0.4) is 0 Å². The predicted molar refractivity (Wildman–Crippen MR) is 171 cm³/mol. The molecule has 0 aromatic carbocycles. The molecule has 45 heavy (non-hydrogen) atoms. The van der Waals surface area contributed by atoms with Crippen LogP contribution in [0.25, 0.3) is 0 Å². The summed E-state index contributed by atoms with van der Waals surface area (Å²) >= 11 is 0. The molecule has 16 heteroatoms. The third-order valence-corrected chi connectivity index (χ3v) is 8.14. The SMILES string of the molecule is NCCCC[C@@H]1NC(=O)[C@H](CCCCN)NC(=O)[C@H]2CCCN2C(=O)[C@H](CCCN=C(N)N)NC(=O)[C@H](CCCCN)NC1=O. The number of hydrogen-bond donors (Lipinski definition) is 9. The van der Waals surface area contributed by atoms with Gasteiger partial charge in [0.1, 0.15) is 30.2 Å². The zero-order valence-corrected chi connectivity index (χ0v) is 26.4. The van der Waals surface area contributed by atoms with Crippen molar-refractivity contribution in [3.63, 3.8) is 0 Å². The van der Waals surface area contributed by atoms with E-state index < -0.39 is 59.7 Å². The Morgan fingerprint density at radius 1 is 0.622 bits per heavy atom. The second-order valence-electron chi connectivity index (χ2n) is 11.7. The lowest BCUT2D eigenvalue weighted by atomic mass is 10.0. The van der Waals surface area contributed by atoms with Gasteiger partial charge < -0.3 is 54.8 Å². The molecular weight excluding hydrogens is 582 g/mol. The van der Waals surface area contributed by atoms with Gasteiger partial charge in [0, 0.05) is 13.1 Å². The molecule has 0 unspecified atom stereocenters. The fraction of sp³-hybridized carbons (Fsp3) is 0.793. The van der Waals surface area contributed by atoms with Crippen LogP contribution in [0.5, 0.6) is 0 Å². The Balaban J connectivity index is 2.49. The van der Waals surface area contributed by atoms with Gasteiger partial charge in [0.25, 0.3) is 0 Å². The monoisotopic (exact) mass is 637 g/mol. The average Bonchev–Trinajstić information content (AvgIpc) is 3.50. The summed E-state index contributed by atoms with van der Waals surface area (Å²) in [7, 11) is 0. The van der Waals surface area contributed by atoms with Gasteiger partial charge in [-0.15, -0.1) is 0 Å². The topological polar surface area (TPSA) is 279 Å². The van der Waals surface area contributed by atoms with Crippen LogP contribution < -0.4 is 49.9 Å². The third-order valence-electron chi connectivity index (χ3n) is 8.14. The lowest BCUT2D eigenvalue weighted by Crippen LogP contribution is -2.57. The minimum atomic E-state index is -0.986. The number of hydrogen-bond acceptors (Lipinski definition) is 9.